The number of pyridine rings is 1. The lowest BCUT2D eigenvalue weighted by molar-refractivity contribution is -0.122. The van der Waals surface area contributed by atoms with Gasteiger partial charge in [-0.05, 0) is 25.8 Å². The Morgan fingerprint density at radius 2 is 2.10 bits per heavy atom. The summed E-state index contributed by atoms with van der Waals surface area (Å²) in [5.74, 6) is 0.613. The third-order valence-corrected chi connectivity index (χ3v) is 3.67. The van der Waals surface area contributed by atoms with Gasteiger partial charge in [-0.2, -0.15) is 0 Å². The average Bonchev–Trinajstić information content (AvgIpc) is 2.49. The van der Waals surface area contributed by atoms with E-state index in [1.165, 1.54) is 19.3 Å². The maximum Gasteiger partial charge on any atom is 0.242 e. The third-order valence-electron chi connectivity index (χ3n) is 3.67. The smallest absolute Gasteiger partial charge is 0.242 e. The van der Waals surface area contributed by atoms with Crippen LogP contribution in [0, 0.1) is 0 Å². The van der Waals surface area contributed by atoms with E-state index < -0.39 is 0 Å². The summed E-state index contributed by atoms with van der Waals surface area (Å²) < 4.78 is 5.00. The quantitative estimate of drug-likeness (QED) is 0.867. The zero-order chi connectivity index (χ0) is 14.4. The summed E-state index contributed by atoms with van der Waals surface area (Å²) in [5, 5.41) is 6.27. The van der Waals surface area contributed by atoms with Gasteiger partial charge in [0.15, 0.2) is 0 Å². The summed E-state index contributed by atoms with van der Waals surface area (Å²) in [5.41, 5.74) is 0.817. The molecule has 0 aliphatic heterocycles. The van der Waals surface area contributed by atoms with E-state index in [2.05, 4.69) is 15.6 Å². The highest BCUT2D eigenvalue weighted by atomic mass is 16.5. The largest absolute Gasteiger partial charge is 0.481 e. The van der Waals surface area contributed by atoms with Crippen LogP contribution in [0.25, 0.3) is 0 Å². The molecule has 0 bridgehead atoms. The molecule has 1 aromatic rings. The summed E-state index contributed by atoms with van der Waals surface area (Å²) in [6, 6.07) is 3.70. The lowest BCUT2D eigenvalue weighted by Gasteiger charge is -2.25. The number of methoxy groups -OCH3 is 1. The Bertz CT molecular complexity index is 427. The highest BCUT2D eigenvalue weighted by Gasteiger charge is 2.19. The summed E-state index contributed by atoms with van der Waals surface area (Å²) in [6.45, 7) is 1.86. The van der Waals surface area contributed by atoms with Crippen LogP contribution in [-0.4, -0.2) is 30.1 Å². The van der Waals surface area contributed by atoms with Crippen molar-refractivity contribution in [2.75, 3.05) is 12.4 Å². The topological polar surface area (TPSA) is 63.2 Å². The second-order valence-electron chi connectivity index (χ2n) is 5.30. The summed E-state index contributed by atoms with van der Waals surface area (Å²) in [6.07, 6.45) is 7.59. The van der Waals surface area contributed by atoms with Crippen molar-refractivity contribution in [3.63, 3.8) is 0 Å². The Hall–Kier alpha value is -1.78. The number of rotatable bonds is 5. The summed E-state index contributed by atoms with van der Waals surface area (Å²) >= 11 is 0. The molecule has 5 heteroatoms. The molecule has 1 atom stereocenters. The molecule has 1 heterocycles. The van der Waals surface area contributed by atoms with Gasteiger partial charge in [0.1, 0.15) is 6.04 Å². The predicted octanol–water partition coefficient (Wildman–Crippen LogP) is 2.34. The van der Waals surface area contributed by atoms with Gasteiger partial charge < -0.3 is 15.4 Å². The van der Waals surface area contributed by atoms with Crippen LogP contribution >= 0.6 is 0 Å². The molecule has 110 valence electrons. The van der Waals surface area contributed by atoms with Crippen molar-refractivity contribution in [2.24, 2.45) is 0 Å². The highest BCUT2D eigenvalue weighted by Crippen LogP contribution is 2.18. The minimum absolute atomic E-state index is 0.0488. The molecule has 0 aromatic carbocycles. The van der Waals surface area contributed by atoms with Gasteiger partial charge in [0.25, 0.3) is 0 Å². The number of anilines is 1. The Morgan fingerprint density at radius 3 is 2.70 bits per heavy atom. The molecular formula is C15H23N3O2. The van der Waals surface area contributed by atoms with E-state index in [0.717, 1.165) is 18.5 Å². The van der Waals surface area contributed by atoms with Gasteiger partial charge in [0.2, 0.25) is 11.8 Å². The Balaban J connectivity index is 1.83. The van der Waals surface area contributed by atoms with Gasteiger partial charge >= 0.3 is 0 Å². The van der Waals surface area contributed by atoms with Crippen LogP contribution < -0.4 is 15.4 Å². The number of hydrogen-bond acceptors (Lipinski definition) is 4. The van der Waals surface area contributed by atoms with Gasteiger partial charge in [-0.1, -0.05) is 19.3 Å². The van der Waals surface area contributed by atoms with Crippen LogP contribution in [0.2, 0.25) is 0 Å². The number of nitrogens with one attached hydrogen (secondary N) is 2. The van der Waals surface area contributed by atoms with E-state index in [4.69, 9.17) is 4.74 Å². The van der Waals surface area contributed by atoms with Crippen molar-refractivity contribution in [1.82, 2.24) is 10.3 Å². The first-order valence-corrected chi connectivity index (χ1v) is 7.26. The number of carbonyl (C=O) groups excluding carboxylic acids is 1. The molecule has 0 spiro atoms. The fourth-order valence-electron chi connectivity index (χ4n) is 2.48. The zero-order valence-corrected chi connectivity index (χ0v) is 12.2. The van der Waals surface area contributed by atoms with Crippen molar-refractivity contribution in [2.45, 2.75) is 51.1 Å². The molecule has 1 fully saturated rings. The van der Waals surface area contributed by atoms with Crippen LogP contribution in [-0.2, 0) is 4.79 Å². The van der Waals surface area contributed by atoms with Gasteiger partial charge in [-0.3, -0.25) is 4.79 Å². The first-order chi connectivity index (χ1) is 9.69. The highest BCUT2D eigenvalue weighted by molar-refractivity contribution is 5.84. The fourth-order valence-corrected chi connectivity index (χ4v) is 2.48. The minimum Gasteiger partial charge on any atom is -0.481 e. The van der Waals surface area contributed by atoms with E-state index in [1.807, 2.05) is 13.0 Å². The lowest BCUT2D eigenvalue weighted by atomic mass is 9.95. The summed E-state index contributed by atoms with van der Waals surface area (Å²) in [4.78, 5) is 16.2. The van der Waals surface area contributed by atoms with E-state index >= 15 is 0 Å². The number of nitrogens with zero attached hydrogens (tertiary/aromatic N) is 1. The van der Waals surface area contributed by atoms with Crippen molar-refractivity contribution < 1.29 is 9.53 Å². The summed E-state index contributed by atoms with van der Waals surface area (Å²) in [7, 11) is 1.58. The molecule has 2 rings (SSSR count). The van der Waals surface area contributed by atoms with E-state index in [9.17, 15) is 4.79 Å². The fraction of sp³-hybridized carbons (Fsp3) is 0.600. The molecule has 0 saturated heterocycles. The Labute approximate surface area is 120 Å². The van der Waals surface area contributed by atoms with Crippen molar-refractivity contribution in [3.05, 3.63) is 18.3 Å². The second kappa shape index (κ2) is 7.12. The molecule has 0 radical (unpaired) electrons. The molecule has 1 aromatic heterocycles. The van der Waals surface area contributed by atoms with Crippen molar-refractivity contribution in [1.29, 1.82) is 0 Å². The molecule has 1 amide bonds. The number of aromatic nitrogens is 1. The molecular weight excluding hydrogens is 254 g/mol. The SMILES string of the molecule is COc1ccc(NC(C)C(=O)NC2CCCCC2)cn1. The predicted molar refractivity (Wildman–Crippen MR) is 78.9 cm³/mol. The Morgan fingerprint density at radius 1 is 1.35 bits per heavy atom. The minimum atomic E-state index is -0.271. The van der Waals surface area contributed by atoms with Gasteiger partial charge in [-0.15, -0.1) is 0 Å². The van der Waals surface area contributed by atoms with E-state index in [1.54, 1.807) is 19.4 Å². The van der Waals surface area contributed by atoms with E-state index in [-0.39, 0.29) is 11.9 Å². The third kappa shape index (κ3) is 4.11. The number of carbonyl (C=O) groups is 1. The molecule has 1 unspecified atom stereocenters. The average molecular weight is 277 g/mol. The van der Waals surface area contributed by atoms with Gasteiger partial charge in [-0.25, -0.2) is 4.98 Å². The first-order valence-electron chi connectivity index (χ1n) is 7.26. The maximum absolute atomic E-state index is 12.1. The van der Waals surface area contributed by atoms with Crippen molar-refractivity contribution in [3.8, 4) is 5.88 Å². The van der Waals surface area contributed by atoms with Crippen molar-refractivity contribution >= 4 is 11.6 Å². The molecule has 1 aliphatic carbocycles. The van der Waals surface area contributed by atoms with Gasteiger partial charge in [0.05, 0.1) is 19.0 Å². The normalized spacial score (nSPS) is 17.3. The maximum atomic E-state index is 12.1. The standard InChI is InChI=1S/C15H23N3O2/c1-11(15(19)18-12-6-4-3-5-7-12)17-13-8-9-14(20-2)16-10-13/h8-12,17H,3-7H2,1-2H3,(H,18,19). The molecule has 20 heavy (non-hydrogen) atoms. The van der Waals surface area contributed by atoms with E-state index in [0.29, 0.717) is 11.9 Å². The Kier molecular flexibility index (Phi) is 5.21. The number of amides is 1. The van der Waals surface area contributed by atoms with Crippen LogP contribution in [0.1, 0.15) is 39.0 Å². The lowest BCUT2D eigenvalue weighted by Crippen LogP contribution is -2.44. The van der Waals surface area contributed by atoms with Gasteiger partial charge in [0, 0.05) is 12.1 Å². The second-order valence-corrected chi connectivity index (χ2v) is 5.30. The molecule has 1 saturated carbocycles. The monoisotopic (exact) mass is 277 g/mol. The molecule has 1 aliphatic rings. The van der Waals surface area contributed by atoms with Crippen LogP contribution in [0.5, 0.6) is 5.88 Å². The number of hydrogen-bond donors (Lipinski definition) is 2. The first kappa shape index (κ1) is 14.6. The number of ether oxygens (including phenoxy) is 1. The van der Waals surface area contributed by atoms with Crippen LogP contribution in [0.3, 0.4) is 0 Å². The van der Waals surface area contributed by atoms with Crippen LogP contribution in [0.4, 0.5) is 5.69 Å². The molecule has 5 nitrogen and oxygen atoms in total. The zero-order valence-electron chi connectivity index (χ0n) is 12.2. The molecule has 2 N–H and O–H groups in total. The van der Waals surface area contributed by atoms with Crippen LogP contribution in [0.15, 0.2) is 18.3 Å².